The normalized spacial score (nSPS) is 22.9. The van der Waals surface area contributed by atoms with Crippen molar-refractivity contribution < 1.29 is 39.8 Å². The molecular formula is C38H73NO8. The summed E-state index contributed by atoms with van der Waals surface area (Å²) in [7, 11) is 0. The van der Waals surface area contributed by atoms with Gasteiger partial charge in [0.15, 0.2) is 6.29 Å². The SMILES string of the molecule is CCCCCCCCCCCCCCCCC/C=C/[C@@H](O)[C@H](CO[C@@H]1O[C@H](CO)[C@H](O)C(O)C1O)NC(=O)CCCCCCCCC. The summed E-state index contributed by atoms with van der Waals surface area (Å²) < 4.78 is 11.1. The molecule has 0 saturated carbocycles. The van der Waals surface area contributed by atoms with Crippen LogP contribution in [0.1, 0.15) is 168 Å². The lowest BCUT2D eigenvalue weighted by atomic mass is 9.99. The maximum absolute atomic E-state index is 12.7. The minimum absolute atomic E-state index is 0.184. The fourth-order valence-electron chi connectivity index (χ4n) is 6.15. The van der Waals surface area contributed by atoms with E-state index in [1.54, 1.807) is 6.08 Å². The molecule has 0 bridgehead atoms. The van der Waals surface area contributed by atoms with Crippen molar-refractivity contribution in [1.82, 2.24) is 5.32 Å². The van der Waals surface area contributed by atoms with Gasteiger partial charge in [0.05, 0.1) is 25.4 Å². The third-order valence-corrected chi connectivity index (χ3v) is 9.36. The summed E-state index contributed by atoms with van der Waals surface area (Å²) in [5, 5.41) is 53.8. The van der Waals surface area contributed by atoms with E-state index >= 15 is 0 Å². The van der Waals surface area contributed by atoms with Crippen LogP contribution in [-0.4, -0.2) is 87.5 Å². The van der Waals surface area contributed by atoms with Crippen molar-refractivity contribution in [1.29, 1.82) is 0 Å². The highest BCUT2D eigenvalue weighted by Crippen LogP contribution is 2.22. The first-order valence-corrected chi connectivity index (χ1v) is 19.4. The first-order valence-electron chi connectivity index (χ1n) is 19.4. The van der Waals surface area contributed by atoms with Crippen LogP contribution in [0.4, 0.5) is 0 Å². The first-order chi connectivity index (χ1) is 22.8. The number of hydrogen-bond acceptors (Lipinski definition) is 8. The molecule has 1 rings (SSSR count). The summed E-state index contributed by atoms with van der Waals surface area (Å²) >= 11 is 0. The van der Waals surface area contributed by atoms with Gasteiger partial charge in [-0.15, -0.1) is 0 Å². The molecule has 6 N–H and O–H groups in total. The fraction of sp³-hybridized carbons (Fsp3) is 0.921. The Kier molecular flexibility index (Phi) is 27.9. The summed E-state index contributed by atoms with van der Waals surface area (Å²) in [5.41, 5.74) is 0. The van der Waals surface area contributed by atoms with E-state index in [1.807, 2.05) is 6.08 Å². The van der Waals surface area contributed by atoms with Crippen molar-refractivity contribution in [3.05, 3.63) is 12.2 Å². The number of unbranched alkanes of at least 4 members (excludes halogenated alkanes) is 21. The Labute approximate surface area is 286 Å². The molecule has 9 heteroatoms. The van der Waals surface area contributed by atoms with Gasteiger partial charge in [0.1, 0.15) is 24.4 Å². The Morgan fingerprint density at radius 1 is 0.702 bits per heavy atom. The van der Waals surface area contributed by atoms with E-state index in [2.05, 4.69) is 19.2 Å². The maximum atomic E-state index is 12.7. The minimum atomic E-state index is -1.56. The van der Waals surface area contributed by atoms with Crippen molar-refractivity contribution in [3.63, 3.8) is 0 Å². The van der Waals surface area contributed by atoms with E-state index in [1.165, 1.54) is 109 Å². The van der Waals surface area contributed by atoms with Gasteiger partial charge in [0.2, 0.25) is 5.91 Å². The first kappa shape index (κ1) is 44.0. The zero-order valence-corrected chi connectivity index (χ0v) is 30.0. The molecule has 47 heavy (non-hydrogen) atoms. The zero-order valence-electron chi connectivity index (χ0n) is 30.0. The predicted molar refractivity (Wildman–Crippen MR) is 189 cm³/mol. The van der Waals surface area contributed by atoms with Crippen LogP contribution in [0.2, 0.25) is 0 Å². The number of carbonyl (C=O) groups excluding carboxylic acids is 1. The van der Waals surface area contributed by atoms with E-state index in [0.717, 1.165) is 38.5 Å². The monoisotopic (exact) mass is 672 g/mol. The van der Waals surface area contributed by atoms with Crippen LogP contribution >= 0.6 is 0 Å². The molecule has 1 amide bonds. The number of allylic oxidation sites excluding steroid dienone is 1. The molecule has 0 aromatic rings. The van der Waals surface area contributed by atoms with Crippen molar-refractivity contribution in [2.75, 3.05) is 13.2 Å². The Hall–Kier alpha value is -1.07. The molecule has 7 atom stereocenters. The summed E-state index contributed by atoms with van der Waals surface area (Å²) in [5.74, 6) is -0.184. The summed E-state index contributed by atoms with van der Waals surface area (Å²) in [6.45, 7) is 3.71. The molecule has 0 spiro atoms. The maximum Gasteiger partial charge on any atom is 0.220 e. The summed E-state index contributed by atoms with van der Waals surface area (Å²) in [6, 6.07) is -0.795. The van der Waals surface area contributed by atoms with Gasteiger partial charge >= 0.3 is 0 Å². The minimum Gasteiger partial charge on any atom is -0.394 e. The van der Waals surface area contributed by atoms with Gasteiger partial charge in [-0.3, -0.25) is 4.79 Å². The van der Waals surface area contributed by atoms with E-state index in [9.17, 15) is 30.3 Å². The molecule has 9 nitrogen and oxygen atoms in total. The van der Waals surface area contributed by atoms with Crippen LogP contribution < -0.4 is 5.32 Å². The summed E-state index contributed by atoms with van der Waals surface area (Å²) in [6.07, 6.45) is 24.2. The van der Waals surface area contributed by atoms with Crippen LogP contribution in [0.15, 0.2) is 12.2 Å². The van der Waals surface area contributed by atoms with E-state index in [4.69, 9.17) is 9.47 Å². The molecule has 1 heterocycles. The molecule has 1 fully saturated rings. The molecular weight excluding hydrogens is 598 g/mol. The molecule has 2 unspecified atom stereocenters. The third-order valence-electron chi connectivity index (χ3n) is 9.36. The molecule has 1 aliphatic rings. The molecule has 0 aromatic heterocycles. The molecule has 1 saturated heterocycles. The fourth-order valence-corrected chi connectivity index (χ4v) is 6.15. The van der Waals surface area contributed by atoms with Gasteiger partial charge < -0.3 is 40.3 Å². The number of nitrogens with one attached hydrogen (secondary N) is 1. The number of carbonyl (C=O) groups is 1. The quantitative estimate of drug-likeness (QED) is 0.0357. The number of rotatable bonds is 31. The van der Waals surface area contributed by atoms with E-state index in [0.29, 0.717) is 6.42 Å². The van der Waals surface area contributed by atoms with Gasteiger partial charge in [-0.1, -0.05) is 154 Å². The van der Waals surface area contributed by atoms with Crippen molar-refractivity contribution >= 4 is 5.91 Å². The largest absolute Gasteiger partial charge is 0.394 e. The van der Waals surface area contributed by atoms with Crippen molar-refractivity contribution in [2.45, 2.75) is 211 Å². The lowest BCUT2D eigenvalue weighted by Gasteiger charge is -2.40. The van der Waals surface area contributed by atoms with E-state index < -0.39 is 49.5 Å². The Bertz CT molecular complexity index is 751. The standard InChI is InChI=1S/C38H73NO8/c1-3-5-7-9-11-12-13-14-15-16-17-18-19-20-22-23-25-27-32(41)31(39-34(42)28-26-24-21-10-8-6-4-2)30-46-38-37(45)36(44)35(43)33(29-40)47-38/h25,27,31-33,35-38,40-41,43-45H,3-24,26,28-30H2,1-2H3,(H,39,42)/b27-25+/t31-,32+,33+,35-,36?,37?,38+/m0/s1. The third kappa shape index (κ3) is 21.6. The number of amides is 1. The molecule has 0 aliphatic carbocycles. The van der Waals surface area contributed by atoms with Gasteiger partial charge in [-0.25, -0.2) is 0 Å². The predicted octanol–water partition coefficient (Wildman–Crippen LogP) is 6.61. The average molecular weight is 672 g/mol. The van der Waals surface area contributed by atoms with Crippen molar-refractivity contribution in [3.8, 4) is 0 Å². The number of aliphatic hydroxyl groups is 5. The van der Waals surface area contributed by atoms with Crippen LogP contribution in [0, 0.1) is 0 Å². The second kappa shape index (κ2) is 29.8. The number of hydrogen-bond donors (Lipinski definition) is 6. The number of aliphatic hydroxyl groups excluding tert-OH is 5. The highest BCUT2D eigenvalue weighted by molar-refractivity contribution is 5.76. The lowest BCUT2D eigenvalue weighted by molar-refractivity contribution is -0.302. The van der Waals surface area contributed by atoms with Crippen molar-refractivity contribution in [2.24, 2.45) is 0 Å². The lowest BCUT2D eigenvalue weighted by Crippen LogP contribution is -2.60. The van der Waals surface area contributed by atoms with Gasteiger partial charge in [-0.05, 0) is 19.3 Å². The molecule has 1 aliphatic heterocycles. The molecule has 278 valence electrons. The Morgan fingerprint density at radius 2 is 1.17 bits per heavy atom. The van der Waals surface area contributed by atoms with E-state index in [-0.39, 0.29) is 12.5 Å². The highest BCUT2D eigenvalue weighted by atomic mass is 16.7. The molecule has 0 aromatic carbocycles. The molecule has 0 radical (unpaired) electrons. The van der Waals surface area contributed by atoms with Gasteiger partial charge in [0.25, 0.3) is 0 Å². The van der Waals surface area contributed by atoms with Crippen LogP contribution in [0.5, 0.6) is 0 Å². The second-order valence-electron chi connectivity index (χ2n) is 13.7. The summed E-state index contributed by atoms with van der Waals surface area (Å²) in [4.78, 5) is 12.7. The highest BCUT2D eigenvalue weighted by Gasteiger charge is 2.44. The number of ether oxygens (including phenoxy) is 2. The topological polar surface area (TPSA) is 149 Å². The van der Waals surface area contributed by atoms with Gasteiger partial charge in [0, 0.05) is 6.42 Å². The second-order valence-corrected chi connectivity index (χ2v) is 13.7. The van der Waals surface area contributed by atoms with Crippen LogP contribution in [-0.2, 0) is 14.3 Å². The van der Waals surface area contributed by atoms with Crippen LogP contribution in [0.25, 0.3) is 0 Å². The average Bonchev–Trinajstić information content (AvgIpc) is 3.07. The van der Waals surface area contributed by atoms with Gasteiger partial charge in [-0.2, -0.15) is 0 Å². The Morgan fingerprint density at radius 3 is 1.66 bits per heavy atom. The Balaban J connectivity index is 2.39. The zero-order chi connectivity index (χ0) is 34.5. The smallest absolute Gasteiger partial charge is 0.220 e. The van der Waals surface area contributed by atoms with Crippen LogP contribution in [0.3, 0.4) is 0 Å².